The molecule has 120 valence electrons. The molecule has 3 aromatic rings. The van der Waals surface area contributed by atoms with E-state index >= 15 is 0 Å². The van der Waals surface area contributed by atoms with Crippen LogP contribution in [0.5, 0.6) is 0 Å². The van der Waals surface area contributed by atoms with E-state index in [1.165, 1.54) is 0 Å². The Hall–Kier alpha value is -2.22. The van der Waals surface area contributed by atoms with E-state index in [1.807, 2.05) is 23.3 Å². The van der Waals surface area contributed by atoms with Gasteiger partial charge in [-0.05, 0) is 19.6 Å². The lowest BCUT2D eigenvalue weighted by Crippen LogP contribution is -2.01. The Kier molecular flexibility index (Phi) is 4.71. The van der Waals surface area contributed by atoms with E-state index in [9.17, 15) is 0 Å². The zero-order valence-corrected chi connectivity index (χ0v) is 14.2. The van der Waals surface area contributed by atoms with E-state index in [-0.39, 0.29) is 0 Å². The molecule has 0 aliphatic heterocycles. The summed E-state index contributed by atoms with van der Waals surface area (Å²) in [4.78, 5) is 8.64. The molecule has 8 heteroatoms. The maximum atomic E-state index is 4.34. The molecule has 23 heavy (non-hydrogen) atoms. The molecule has 3 rings (SSSR count). The number of hydrogen-bond donors (Lipinski definition) is 0. The highest BCUT2D eigenvalue weighted by atomic mass is 32.2. The van der Waals surface area contributed by atoms with Gasteiger partial charge in [0.1, 0.15) is 5.69 Å². The van der Waals surface area contributed by atoms with Gasteiger partial charge in [-0.1, -0.05) is 23.9 Å². The summed E-state index contributed by atoms with van der Waals surface area (Å²) in [6, 6.07) is 0.353. The van der Waals surface area contributed by atoms with Crippen LogP contribution >= 0.6 is 11.8 Å². The smallest absolute Gasteiger partial charge is 0.187 e. The van der Waals surface area contributed by atoms with Crippen LogP contribution < -0.4 is 0 Å². The van der Waals surface area contributed by atoms with E-state index < -0.39 is 0 Å². The fraction of sp³-hybridized carbons (Fsp3) is 0.400. The number of rotatable bonds is 6. The van der Waals surface area contributed by atoms with Crippen LogP contribution in [0.15, 0.2) is 36.1 Å². The van der Waals surface area contributed by atoms with Crippen LogP contribution in [0.1, 0.15) is 32.4 Å². The molecule has 0 fully saturated rings. The zero-order chi connectivity index (χ0) is 16.2. The molecule has 3 heterocycles. The first-order chi connectivity index (χ1) is 11.2. The van der Waals surface area contributed by atoms with Gasteiger partial charge in [-0.2, -0.15) is 5.10 Å². The Labute approximate surface area is 139 Å². The lowest BCUT2D eigenvalue weighted by molar-refractivity contribution is 0.531. The predicted molar refractivity (Wildman–Crippen MR) is 89.2 cm³/mol. The highest BCUT2D eigenvalue weighted by Gasteiger charge is 2.08. The van der Waals surface area contributed by atoms with Crippen LogP contribution in [0.3, 0.4) is 0 Å². The fourth-order valence-corrected chi connectivity index (χ4v) is 2.60. The van der Waals surface area contributed by atoms with Crippen LogP contribution in [0.25, 0.3) is 11.3 Å². The topological polar surface area (TPSA) is 74.3 Å². The maximum absolute atomic E-state index is 4.34. The van der Waals surface area contributed by atoms with Crippen molar-refractivity contribution in [2.24, 2.45) is 0 Å². The first-order valence-corrected chi connectivity index (χ1v) is 8.52. The molecule has 0 amide bonds. The van der Waals surface area contributed by atoms with Gasteiger partial charge in [0.15, 0.2) is 5.16 Å². The summed E-state index contributed by atoms with van der Waals surface area (Å²) >= 11 is 1.62. The summed E-state index contributed by atoms with van der Waals surface area (Å²) in [5, 5.41) is 13.5. The van der Waals surface area contributed by atoms with Crippen molar-refractivity contribution in [3.8, 4) is 11.3 Å². The minimum absolute atomic E-state index is 0.353. The van der Waals surface area contributed by atoms with Crippen LogP contribution in [0.4, 0.5) is 0 Å². The molecule has 0 radical (unpaired) electrons. The molecule has 0 unspecified atom stereocenters. The summed E-state index contributed by atoms with van der Waals surface area (Å²) < 4.78 is 3.73. The van der Waals surface area contributed by atoms with Gasteiger partial charge >= 0.3 is 0 Å². The SMILES string of the molecule is CCSc1ncc(-c2cn(Cc3cnn(C(C)C)c3)nn2)cn1. The number of hydrogen-bond acceptors (Lipinski definition) is 6. The molecular formula is C15H19N7S. The van der Waals surface area contributed by atoms with Gasteiger partial charge in [0.25, 0.3) is 0 Å². The highest BCUT2D eigenvalue weighted by molar-refractivity contribution is 7.99. The van der Waals surface area contributed by atoms with E-state index in [1.54, 1.807) is 28.8 Å². The van der Waals surface area contributed by atoms with E-state index in [0.29, 0.717) is 12.6 Å². The lowest BCUT2D eigenvalue weighted by atomic mass is 10.3. The van der Waals surface area contributed by atoms with Crippen molar-refractivity contribution < 1.29 is 0 Å². The van der Waals surface area contributed by atoms with Crippen molar-refractivity contribution >= 4 is 11.8 Å². The highest BCUT2D eigenvalue weighted by Crippen LogP contribution is 2.17. The van der Waals surface area contributed by atoms with Crippen molar-refractivity contribution in [1.29, 1.82) is 0 Å². The van der Waals surface area contributed by atoms with Gasteiger partial charge < -0.3 is 0 Å². The Balaban J connectivity index is 1.71. The van der Waals surface area contributed by atoms with Crippen molar-refractivity contribution in [3.05, 3.63) is 36.5 Å². The molecule has 0 N–H and O–H groups in total. The van der Waals surface area contributed by atoms with Crippen molar-refractivity contribution in [1.82, 2.24) is 34.7 Å². The van der Waals surface area contributed by atoms with Gasteiger partial charge in [0.05, 0.1) is 18.9 Å². The lowest BCUT2D eigenvalue weighted by Gasteiger charge is -2.03. The predicted octanol–water partition coefficient (Wildman–Crippen LogP) is 2.67. The molecule has 0 aliphatic rings. The molecule has 3 aromatic heterocycles. The van der Waals surface area contributed by atoms with Gasteiger partial charge in [0.2, 0.25) is 0 Å². The van der Waals surface area contributed by atoms with Crippen molar-refractivity contribution in [2.75, 3.05) is 5.75 Å². The second-order valence-corrected chi connectivity index (χ2v) is 6.64. The molecule has 0 atom stereocenters. The standard InChI is InChI=1S/C15H19N7S/c1-4-23-15-16-6-13(7-17-15)14-10-21(20-19-14)8-12-5-18-22(9-12)11(2)3/h5-7,9-11H,4,8H2,1-3H3. The number of thioether (sulfide) groups is 1. The average Bonchev–Trinajstić information content (AvgIpc) is 3.18. The third-order valence-electron chi connectivity index (χ3n) is 3.26. The molecule has 0 spiro atoms. The molecule has 0 aliphatic carbocycles. The number of aromatic nitrogens is 7. The molecule has 7 nitrogen and oxygen atoms in total. The third-order valence-corrected chi connectivity index (χ3v) is 4.02. The van der Waals surface area contributed by atoms with E-state index in [2.05, 4.69) is 46.1 Å². The second kappa shape index (κ2) is 6.91. The molecule has 0 aromatic carbocycles. The minimum atomic E-state index is 0.353. The molecule has 0 saturated heterocycles. The Morgan fingerprint density at radius 3 is 2.57 bits per heavy atom. The monoisotopic (exact) mass is 329 g/mol. The largest absolute Gasteiger partial charge is 0.270 e. The van der Waals surface area contributed by atoms with Crippen molar-refractivity contribution in [2.45, 2.75) is 38.5 Å². The van der Waals surface area contributed by atoms with E-state index in [0.717, 1.165) is 27.7 Å². The van der Waals surface area contributed by atoms with E-state index in [4.69, 9.17) is 0 Å². The summed E-state index contributed by atoms with van der Waals surface area (Å²) in [5.74, 6) is 0.958. The molecule has 0 bridgehead atoms. The van der Waals surface area contributed by atoms with Gasteiger partial charge in [0, 0.05) is 35.8 Å². The van der Waals surface area contributed by atoms with Crippen LogP contribution in [-0.2, 0) is 6.54 Å². The average molecular weight is 329 g/mol. The quantitative estimate of drug-likeness (QED) is 0.511. The summed E-state index contributed by atoms with van der Waals surface area (Å²) in [7, 11) is 0. The molecule has 0 saturated carbocycles. The van der Waals surface area contributed by atoms with Crippen LogP contribution in [0, 0.1) is 0 Å². The Morgan fingerprint density at radius 1 is 1.13 bits per heavy atom. The fourth-order valence-electron chi connectivity index (χ4n) is 2.09. The second-order valence-electron chi connectivity index (χ2n) is 5.41. The zero-order valence-electron chi connectivity index (χ0n) is 13.4. The third kappa shape index (κ3) is 3.76. The first kappa shape index (κ1) is 15.7. The normalized spacial score (nSPS) is 11.3. The summed E-state index contributed by atoms with van der Waals surface area (Å²) in [6.45, 7) is 6.93. The van der Waals surface area contributed by atoms with Crippen LogP contribution in [-0.4, -0.2) is 40.5 Å². The van der Waals surface area contributed by atoms with Crippen LogP contribution in [0.2, 0.25) is 0 Å². The van der Waals surface area contributed by atoms with Gasteiger partial charge in [-0.15, -0.1) is 5.10 Å². The first-order valence-electron chi connectivity index (χ1n) is 7.54. The molecular weight excluding hydrogens is 310 g/mol. The minimum Gasteiger partial charge on any atom is -0.270 e. The Morgan fingerprint density at radius 2 is 1.91 bits per heavy atom. The van der Waals surface area contributed by atoms with Gasteiger partial charge in [-0.3, -0.25) is 4.68 Å². The van der Waals surface area contributed by atoms with Gasteiger partial charge in [-0.25, -0.2) is 14.6 Å². The number of nitrogens with zero attached hydrogens (tertiary/aromatic N) is 7. The van der Waals surface area contributed by atoms with Crippen molar-refractivity contribution in [3.63, 3.8) is 0 Å². The summed E-state index contributed by atoms with van der Waals surface area (Å²) in [5.41, 5.74) is 2.74. The Bertz CT molecular complexity index is 760. The summed E-state index contributed by atoms with van der Waals surface area (Å²) in [6.07, 6.45) is 9.37. The maximum Gasteiger partial charge on any atom is 0.187 e.